The highest BCUT2D eigenvalue weighted by Gasteiger charge is 2.29. The van der Waals surface area contributed by atoms with Crippen molar-refractivity contribution in [1.29, 1.82) is 0 Å². The number of carbonyl (C=O) groups excluding carboxylic acids is 1. The third-order valence-corrected chi connectivity index (χ3v) is 7.37. The number of ether oxygens (including phenoxy) is 2. The lowest BCUT2D eigenvalue weighted by molar-refractivity contribution is -0.111. The highest BCUT2D eigenvalue weighted by Crippen LogP contribution is 2.33. The lowest BCUT2D eigenvalue weighted by Crippen LogP contribution is -2.49. The van der Waals surface area contributed by atoms with Crippen molar-refractivity contribution in [1.82, 2.24) is 19.2 Å². The van der Waals surface area contributed by atoms with Crippen molar-refractivity contribution in [3.05, 3.63) is 42.1 Å². The summed E-state index contributed by atoms with van der Waals surface area (Å²) in [4.78, 5) is 25.5. The van der Waals surface area contributed by atoms with Crippen molar-refractivity contribution in [2.75, 3.05) is 76.3 Å². The SMILES string of the molecule is C=CC(=O)Nc1cc(Nc2ncc(Cl)c(OC3CN(SC)C3)n2)ccc1N1CCC(N(C)C)CC1.COC. The summed E-state index contributed by atoms with van der Waals surface area (Å²) in [5, 5.41) is 6.52. The van der Waals surface area contributed by atoms with E-state index >= 15 is 0 Å². The second kappa shape index (κ2) is 14.5. The maximum atomic E-state index is 12.2. The van der Waals surface area contributed by atoms with E-state index in [1.807, 2.05) is 24.5 Å². The lowest BCUT2D eigenvalue weighted by Gasteiger charge is -2.37. The molecule has 2 N–H and O–H groups in total. The van der Waals surface area contributed by atoms with Crippen LogP contribution in [0.1, 0.15) is 12.8 Å². The number of hydrogen-bond acceptors (Lipinski definition) is 10. The number of amides is 1. The van der Waals surface area contributed by atoms with Crippen molar-refractivity contribution in [3.8, 4) is 5.88 Å². The summed E-state index contributed by atoms with van der Waals surface area (Å²) < 4.78 is 12.4. The second-order valence-corrected chi connectivity index (χ2v) is 10.5. The molecule has 2 saturated heterocycles. The maximum Gasteiger partial charge on any atom is 0.247 e. The number of halogens is 1. The molecule has 12 heteroatoms. The van der Waals surface area contributed by atoms with Gasteiger partial charge in [0.25, 0.3) is 0 Å². The maximum absolute atomic E-state index is 12.2. The average Bonchev–Trinajstić information content (AvgIpc) is 2.88. The van der Waals surface area contributed by atoms with Crippen LogP contribution in [-0.2, 0) is 9.53 Å². The van der Waals surface area contributed by atoms with Gasteiger partial charge in [-0.2, -0.15) is 4.98 Å². The van der Waals surface area contributed by atoms with E-state index in [1.54, 1.807) is 26.2 Å². The van der Waals surface area contributed by atoms with E-state index in [4.69, 9.17) is 16.3 Å². The molecule has 0 saturated carbocycles. The minimum Gasteiger partial charge on any atom is -0.470 e. The number of aromatic nitrogens is 2. The molecular formula is C26H38ClN7O3S. The molecule has 2 aliphatic rings. The number of nitrogens with zero attached hydrogens (tertiary/aromatic N) is 5. The standard InChI is InChI=1S/C24H32ClN7O2S.C2H6O/c1-5-22(33)28-20-12-16(6-7-21(20)31-10-8-17(9-11-31)30(2)3)27-24-26-13-19(25)23(29-24)34-18-14-32(15-18)35-4;1-3-2/h5-7,12-13,17-18H,1,8-11,14-15H2,2-4H3,(H,28,33)(H,26,27,29);1-2H3. The third kappa shape index (κ3) is 8.21. The molecule has 0 radical (unpaired) electrons. The Morgan fingerprint density at radius 2 is 1.95 bits per heavy atom. The zero-order valence-corrected chi connectivity index (χ0v) is 24.3. The van der Waals surface area contributed by atoms with Crippen LogP contribution in [0.3, 0.4) is 0 Å². The highest BCUT2D eigenvalue weighted by molar-refractivity contribution is 7.96. The predicted octanol–water partition coefficient (Wildman–Crippen LogP) is 4.13. The first-order valence-electron chi connectivity index (χ1n) is 12.4. The van der Waals surface area contributed by atoms with Gasteiger partial charge in [0.05, 0.1) is 17.6 Å². The zero-order chi connectivity index (χ0) is 27.7. The monoisotopic (exact) mass is 563 g/mol. The number of anilines is 4. The molecule has 0 unspecified atom stereocenters. The van der Waals surface area contributed by atoms with Crippen molar-refractivity contribution in [2.24, 2.45) is 0 Å². The Hall–Kier alpha value is -2.57. The largest absolute Gasteiger partial charge is 0.470 e. The fourth-order valence-electron chi connectivity index (χ4n) is 4.20. The smallest absolute Gasteiger partial charge is 0.247 e. The molecule has 2 aliphatic heterocycles. The molecule has 0 spiro atoms. The van der Waals surface area contributed by atoms with Crippen LogP contribution in [0.15, 0.2) is 37.1 Å². The molecule has 4 rings (SSSR count). The molecule has 1 aromatic carbocycles. The molecule has 0 aliphatic carbocycles. The Morgan fingerprint density at radius 1 is 1.26 bits per heavy atom. The topological polar surface area (TPSA) is 95.1 Å². The van der Waals surface area contributed by atoms with Gasteiger partial charge in [-0.1, -0.05) is 30.1 Å². The molecule has 1 amide bonds. The number of methoxy groups -OCH3 is 1. The summed E-state index contributed by atoms with van der Waals surface area (Å²) in [6.07, 6.45) is 7.03. The van der Waals surface area contributed by atoms with Gasteiger partial charge in [-0.25, -0.2) is 9.29 Å². The van der Waals surface area contributed by atoms with Gasteiger partial charge in [0.1, 0.15) is 11.1 Å². The Morgan fingerprint density at radius 3 is 2.55 bits per heavy atom. The first-order valence-corrected chi connectivity index (χ1v) is 14.0. The van der Waals surface area contributed by atoms with Crippen LogP contribution in [0.25, 0.3) is 0 Å². The fourth-order valence-corrected chi connectivity index (χ4v) is 4.97. The van der Waals surface area contributed by atoms with Gasteiger partial charge >= 0.3 is 0 Å². The van der Waals surface area contributed by atoms with Gasteiger partial charge in [0, 0.05) is 52.1 Å². The van der Waals surface area contributed by atoms with E-state index in [0.29, 0.717) is 28.6 Å². The average molecular weight is 564 g/mol. The number of carbonyl (C=O) groups is 1. The number of piperidine rings is 1. The first-order chi connectivity index (χ1) is 18.3. The molecule has 2 aromatic rings. The van der Waals surface area contributed by atoms with E-state index in [-0.39, 0.29) is 12.0 Å². The Labute approximate surface area is 234 Å². The second-order valence-electron chi connectivity index (χ2n) is 9.26. The van der Waals surface area contributed by atoms with Crippen LogP contribution in [0, 0.1) is 0 Å². The minimum atomic E-state index is -0.259. The lowest BCUT2D eigenvalue weighted by atomic mass is 10.0. The Bertz CT molecular complexity index is 1080. The molecule has 3 heterocycles. The minimum absolute atomic E-state index is 0.0549. The zero-order valence-electron chi connectivity index (χ0n) is 22.7. The van der Waals surface area contributed by atoms with Crippen molar-refractivity contribution < 1.29 is 14.3 Å². The number of rotatable bonds is 9. The first kappa shape index (κ1) is 30.0. The van der Waals surface area contributed by atoms with Gasteiger partial charge in [0.2, 0.25) is 17.7 Å². The summed E-state index contributed by atoms with van der Waals surface area (Å²) in [6, 6.07) is 6.42. The Balaban J connectivity index is 0.00000127. The van der Waals surface area contributed by atoms with Crippen molar-refractivity contribution >= 4 is 52.5 Å². The molecule has 208 valence electrons. The number of nitrogens with one attached hydrogen (secondary N) is 2. The van der Waals surface area contributed by atoms with Gasteiger partial charge < -0.3 is 29.9 Å². The van der Waals surface area contributed by atoms with Crippen molar-refractivity contribution in [3.63, 3.8) is 0 Å². The Kier molecular flexibility index (Phi) is 11.5. The van der Waals surface area contributed by atoms with Gasteiger partial charge in [-0.05, 0) is 57.5 Å². The number of benzene rings is 1. The van der Waals surface area contributed by atoms with Crippen LogP contribution < -0.4 is 20.3 Å². The van der Waals surface area contributed by atoms with Crippen LogP contribution in [0.2, 0.25) is 5.02 Å². The quantitative estimate of drug-likeness (QED) is 0.342. The van der Waals surface area contributed by atoms with Gasteiger partial charge in [-0.3, -0.25) is 4.79 Å². The molecule has 10 nitrogen and oxygen atoms in total. The van der Waals surface area contributed by atoms with E-state index in [9.17, 15) is 4.79 Å². The van der Waals surface area contributed by atoms with Crippen molar-refractivity contribution in [2.45, 2.75) is 25.0 Å². The fraction of sp³-hybridized carbons (Fsp3) is 0.500. The molecule has 2 fully saturated rings. The molecule has 1 aromatic heterocycles. The number of hydrogen-bond donors (Lipinski definition) is 2. The summed E-state index contributed by atoms with van der Waals surface area (Å²) in [7, 11) is 7.49. The van der Waals surface area contributed by atoms with Gasteiger partial charge in [-0.15, -0.1) is 0 Å². The summed E-state index contributed by atoms with van der Waals surface area (Å²) in [5.41, 5.74) is 2.43. The summed E-state index contributed by atoms with van der Waals surface area (Å²) in [5.74, 6) is 0.464. The summed E-state index contributed by atoms with van der Waals surface area (Å²) >= 11 is 7.96. The molecule has 0 atom stereocenters. The molecule has 0 bridgehead atoms. The highest BCUT2D eigenvalue weighted by atomic mass is 35.5. The molecular weight excluding hydrogens is 526 g/mol. The van der Waals surface area contributed by atoms with Crippen LogP contribution in [-0.4, -0.2) is 98.0 Å². The summed E-state index contributed by atoms with van der Waals surface area (Å²) in [6.45, 7) is 7.07. The van der Waals surface area contributed by atoms with E-state index < -0.39 is 0 Å². The molecule has 38 heavy (non-hydrogen) atoms. The van der Waals surface area contributed by atoms with E-state index in [0.717, 1.165) is 50.4 Å². The van der Waals surface area contributed by atoms with Crippen LogP contribution >= 0.6 is 23.5 Å². The van der Waals surface area contributed by atoms with E-state index in [2.05, 4.69) is 60.1 Å². The van der Waals surface area contributed by atoms with Crippen LogP contribution in [0.4, 0.5) is 23.0 Å². The predicted molar refractivity (Wildman–Crippen MR) is 157 cm³/mol. The normalized spacial score (nSPS) is 16.3. The third-order valence-electron chi connectivity index (χ3n) is 6.29. The van der Waals surface area contributed by atoms with Crippen LogP contribution in [0.5, 0.6) is 5.88 Å². The van der Waals surface area contributed by atoms with E-state index in [1.165, 1.54) is 12.3 Å². The van der Waals surface area contributed by atoms with Gasteiger partial charge in [0.15, 0.2) is 0 Å².